The molecule has 1 unspecified atom stereocenters. The monoisotopic (exact) mass is 437 g/mol. The van der Waals surface area contributed by atoms with Crippen LogP contribution in [0.25, 0.3) is 0 Å². The number of hydrogen-bond acceptors (Lipinski definition) is 8. The fourth-order valence-electron chi connectivity index (χ4n) is 3.08. The standard InChI is InChI=1S/C20H24ClN3O6/c1-5-29-20(27)18-15(10-30-24-23-12(3)25)22-11(2)16(19(26)28-4)17(18)13-8-6-7-9-14(13)21/h6-9,17,22,24H,5,10H2,1-4H3,(H,23,25). The smallest absolute Gasteiger partial charge is 0.336 e. The van der Waals surface area contributed by atoms with Crippen LogP contribution in [0.1, 0.15) is 32.3 Å². The number of ether oxygens (including phenoxy) is 2. The lowest BCUT2D eigenvalue weighted by Crippen LogP contribution is -2.39. The second kappa shape index (κ2) is 10.8. The highest BCUT2D eigenvalue weighted by Crippen LogP contribution is 2.41. The highest BCUT2D eigenvalue weighted by molar-refractivity contribution is 6.31. The molecular weight excluding hydrogens is 414 g/mol. The van der Waals surface area contributed by atoms with E-state index < -0.39 is 17.9 Å². The van der Waals surface area contributed by atoms with E-state index in [-0.39, 0.29) is 30.3 Å². The number of rotatable bonds is 8. The Kier molecular flexibility index (Phi) is 8.40. The van der Waals surface area contributed by atoms with Gasteiger partial charge in [0.05, 0.1) is 36.5 Å². The second-order valence-electron chi connectivity index (χ2n) is 6.29. The number of carbonyl (C=O) groups is 3. The fraction of sp³-hybridized carbons (Fsp3) is 0.350. The largest absolute Gasteiger partial charge is 0.466 e. The van der Waals surface area contributed by atoms with Gasteiger partial charge in [-0.25, -0.2) is 9.59 Å². The van der Waals surface area contributed by atoms with E-state index >= 15 is 0 Å². The molecular formula is C20H24ClN3O6. The molecule has 3 N–H and O–H groups in total. The molecule has 1 amide bonds. The molecule has 0 aliphatic carbocycles. The Morgan fingerprint density at radius 2 is 1.87 bits per heavy atom. The molecule has 1 heterocycles. The van der Waals surface area contributed by atoms with Gasteiger partial charge < -0.3 is 14.8 Å². The average Bonchev–Trinajstić information content (AvgIpc) is 2.70. The number of allylic oxidation sites excluding steroid dienone is 1. The van der Waals surface area contributed by atoms with Gasteiger partial charge in [-0.05, 0) is 25.5 Å². The Balaban J connectivity index is 2.59. The van der Waals surface area contributed by atoms with Crippen molar-refractivity contribution in [2.45, 2.75) is 26.7 Å². The maximum absolute atomic E-state index is 12.9. The minimum Gasteiger partial charge on any atom is -0.466 e. The molecule has 0 saturated carbocycles. The van der Waals surface area contributed by atoms with Crippen LogP contribution in [0.5, 0.6) is 0 Å². The number of halogens is 1. The third kappa shape index (κ3) is 5.38. The second-order valence-corrected chi connectivity index (χ2v) is 6.70. The number of amides is 1. The van der Waals surface area contributed by atoms with E-state index in [2.05, 4.69) is 16.3 Å². The van der Waals surface area contributed by atoms with Crippen molar-refractivity contribution >= 4 is 29.4 Å². The molecule has 0 radical (unpaired) electrons. The van der Waals surface area contributed by atoms with Crippen LogP contribution in [-0.2, 0) is 28.7 Å². The normalized spacial score (nSPS) is 16.1. The molecule has 1 aliphatic rings. The topological polar surface area (TPSA) is 115 Å². The van der Waals surface area contributed by atoms with Gasteiger partial charge in [0.25, 0.3) is 0 Å². The first-order valence-corrected chi connectivity index (χ1v) is 9.53. The Bertz CT molecular complexity index is 896. The van der Waals surface area contributed by atoms with Gasteiger partial charge in [0.1, 0.15) is 6.61 Å². The van der Waals surface area contributed by atoms with Crippen molar-refractivity contribution in [2.75, 3.05) is 20.3 Å². The van der Waals surface area contributed by atoms with Crippen LogP contribution >= 0.6 is 11.6 Å². The highest BCUT2D eigenvalue weighted by atomic mass is 35.5. The van der Waals surface area contributed by atoms with Crippen LogP contribution in [0.15, 0.2) is 46.8 Å². The summed E-state index contributed by atoms with van der Waals surface area (Å²) in [6, 6.07) is 6.89. The van der Waals surface area contributed by atoms with E-state index in [0.29, 0.717) is 22.0 Å². The molecule has 0 spiro atoms. The number of hydrogen-bond donors (Lipinski definition) is 3. The zero-order chi connectivity index (χ0) is 22.3. The first-order valence-electron chi connectivity index (χ1n) is 9.15. The molecule has 1 aromatic carbocycles. The predicted molar refractivity (Wildman–Crippen MR) is 109 cm³/mol. The molecule has 0 aromatic heterocycles. The Labute approximate surface area is 179 Å². The van der Waals surface area contributed by atoms with Crippen molar-refractivity contribution in [3.63, 3.8) is 0 Å². The number of nitrogens with one attached hydrogen (secondary N) is 3. The lowest BCUT2D eigenvalue weighted by molar-refractivity contribution is -0.139. The lowest BCUT2D eigenvalue weighted by Gasteiger charge is -2.31. The van der Waals surface area contributed by atoms with E-state index in [0.717, 1.165) is 0 Å². The molecule has 0 bridgehead atoms. The minimum absolute atomic E-state index is 0.131. The number of carbonyl (C=O) groups excluding carboxylic acids is 3. The highest BCUT2D eigenvalue weighted by Gasteiger charge is 2.39. The molecule has 162 valence electrons. The average molecular weight is 438 g/mol. The van der Waals surface area contributed by atoms with E-state index in [9.17, 15) is 14.4 Å². The number of benzene rings is 1. The van der Waals surface area contributed by atoms with E-state index in [1.165, 1.54) is 14.0 Å². The molecule has 9 nitrogen and oxygen atoms in total. The fourth-order valence-corrected chi connectivity index (χ4v) is 3.32. The quantitative estimate of drug-likeness (QED) is 0.321. The molecule has 2 rings (SSSR count). The molecule has 1 aliphatic heterocycles. The lowest BCUT2D eigenvalue weighted by atomic mass is 9.80. The number of hydrazine groups is 1. The summed E-state index contributed by atoms with van der Waals surface area (Å²) in [5, 5.41) is 3.39. The predicted octanol–water partition coefficient (Wildman–Crippen LogP) is 1.86. The van der Waals surface area contributed by atoms with Gasteiger partial charge in [-0.3, -0.25) is 15.1 Å². The number of dihydropyridines is 1. The van der Waals surface area contributed by atoms with Gasteiger partial charge in [-0.15, -0.1) is 5.59 Å². The van der Waals surface area contributed by atoms with Gasteiger partial charge in [0.2, 0.25) is 5.91 Å². The summed E-state index contributed by atoms with van der Waals surface area (Å²) in [7, 11) is 1.26. The summed E-state index contributed by atoms with van der Waals surface area (Å²) in [6.07, 6.45) is 0. The summed E-state index contributed by atoms with van der Waals surface area (Å²) in [5.74, 6) is -2.44. The van der Waals surface area contributed by atoms with Crippen molar-refractivity contribution in [3.8, 4) is 0 Å². The van der Waals surface area contributed by atoms with Gasteiger partial charge >= 0.3 is 11.9 Å². The Hall–Kier alpha value is -2.88. The Morgan fingerprint density at radius 3 is 2.47 bits per heavy atom. The summed E-state index contributed by atoms with van der Waals surface area (Å²) in [5.41, 5.74) is 6.30. The SMILES string of the molecule is CCOC(=O)C1=C(CONNC(C)=O)NC(C)=C(C(=O)OC)C1c1ccccc1Cl. The van der Waals surface area contributed by atoms with Crippen LogP contribution in [0.4, 0.5) is 0 Å². The Morgan fingerprint density at radius 1 is 1.17 bits per heavy atom. The summed E-state index contributed by atoms with van der Waals surface area (Å²) < 4.78 is 10.2. The summed E-state index contributed by atoms with van der Waals surface area (Å²) in [6.45, 7) is 4.66. The van der Waals surface area contributed by atoms with Crippen molar-refractivity contribution in [3.05, 3.63) is 57.4 Å². The van der Waals surface area contributed by atoms with E-state index in [1.807, 2.05) is 0 Å². The van der Waals surface area contributed by atoms with Crippen LogP contribution in [-0.4, -0.2) is 38.2 Å². The zero-order valence-electron chi connectivity index (χ0n) is 17.1. The van der Waals surface area contributed by atoms with Crippen LogP contribution in [0.3, 0.4) is 0 Å². The molecule has 1 atom stereocenters. The summed E-state index contributed by atoms with van der Waals surface area (Å²) in [4.78, 5) is 41.8. The molecule has 10 heteroatoms. The summed E-state index contributed by atoms with van der Waals surface area (Å²) >= 11 is 6.41. The van der Waals surface area contributed by atoms with Gasteiger partial charge in [0.15, 0.2) is 0 Å². The molecule has 0 saturated heterocycles. The third-order valence-electron chi connectivity index (χ3n) is 4.28. The van der Waals surface area contributed by atoms with Crippen molar-refractivity contribution in [1.82, 2.24) is 16.3 Å². The minimum atomic E-state index is -0.842. The maximum Gasteiger partial charge on any atom is 0.336 e. The van der Waals surface area contributed by atoms with Crippen LogP contribution in [0, 0.1) is 0 Å². The third-order valence-corrected chi connectivity index (χ3v) is 4.62. The molecule has 1 aromatic rings. The van der Waals surface area contributed by atoms with Crippen LogP contribution in [0.2, 0.25) is 5.02 Å². The van der Waals surface area contributed by atoms with Crippen LogP contribution < -0.4 is 16.3 Å². The van der Waals surface area contributed by atoms with Crippen molar-refractivity contribution < 1.29 is 28.7 Å². The maximum atomic E-state index is 12.9. The zero-order valence-corrected chi connectivity index (χ0v) is 17.9. The molecule has 0 fully saturated rings. The van der Waals surface area contributed by atoms with Gasteiger partial charge in [0, 0.05) is 17.6 Å². The first kappa shape index (κ1) is 23.4. The van der Waals surface area contributed by atoms with Crippen molar-refractivity contribution in [1.29, 1.82) is 0 Å². The molecule has 30 heavy (non-hydrogen) atoms. The number of methoxy groups -OCH3 is 1. The van der Waals surface area contributed by atoms with E-state index in [1.54, 1.807) is 38.1 Å². The van der Waals surface area contributed by atoms with Gasteiger partial charge in [-0.1, -0.05) is 29.8 Å². The van der Waals surface area contributed by atoms with E-state index in [4.69, 9.17) is 25.9 Å². The number of esters is 2. The first-order chi connectivity index (χ1) is 14.3. The van der Waals surface area contributed by atoms with Gasteiger partial charge in [-0.2, -0.15) is 0 Å². The van der Waals surface area contributed by atoms with Crippen molar-refractivity contribution in [2.24, 2.45) is 0 Å².